The first kappa shape index (κ1) is 19.7. The molecule has 0 aromatic heterocycles. The lowest BCUT2D eigenvalue weighted by molar-refractivity contribution is -0.141. The van der Waals surface area contributed by atoms with Crippen molar-refractivity contribution in [1.82, 2.24) is 4.90 Å². The number of hydrogen-bond acceptors (Lipinski definition) is 6. The fourth-order valence-corrected chi connectivity index (χ4v) is 3.32. The quantitative estimate of drug-likeness (QED) is 0.680. The van der Waals surface area contributed by atoms with Gasteiger partial charge in [0.05, 0.1) is 17.6 Å². The number of carbonyl (C=O) groups is 1. The van der Waals surface area contributed by atoms with E-state index < -0.39 is 9.84 Å². The molecule has 2 rings (SSSR count). The van der Waals surface area contributed by atoms with Gasteiger partial charge in [0, 0.05) is 26.4 Å². The van der Waals surface area contributed by atoms with E-state index in [0.29, 0.717) is 38.3 Å². The van der Waals surface area contributed by atoms with Crippen LogP contribution in [0.5, 0.6) is 5.75 Å². The largest absolute Gasteiger partial charge is 0.494 e. The third kappa shape index (κ3) is 5.69. The highest BCUT2D eigenvalue weighted by Crippen LogP contribution is 2.20. The molecule has 1 aliphatic heterocycles. The highest BCUT2D eigenvalue weighted by atomic mass is 32.2. The third-order valence-corrected chi connectivity index (χ3v) is 5.31. The number of ether oxygens (including phenoxy) is 2. The average Bonchev–Trinajstić information content (AvgIpc) is 3.06. The summed E-state index contributed by atoms with van der Waals surface area (Å²) in [6.45, 7) is 1.44. The molecule has 1 aliphatic rings. The van der Waals surface area contributed by atoms with Gasteiger partial charge >= 0.3 is 0 Å². The lowest BCUT2D eigenvalue weighted by atomic mass is 10.2. The number of benzene rings is 1. The molecule has 1 heterocycles. The fourth-order valence-electron chi connectivity index (χ4n) is 2.69. The molecule has 0 aliphatic carbocycles. The molecule has 2 N–H and O–H groups in total. The summed E-state index contributed by atoms with van der Waals surface area (Å²) in [5, 5.41) is 0. The second-order valence-electron chi connectivity index (χ2n) is 6.27. The summed E-state index contributed by atoms with van der Waals surface area (Å²) in [6, 6.07) is 6.30. The molecule has 25 heavy (non-hydrogen) atoms. The van der Waals surface area contributed by atoms with Crippen molar-refractivity contribution in [3.63, 3.8) is 0 Å². The Balaban J connectivity index is 1.71. The molecule has 2 atom stereocenters. The zero-order valence-corrected chi connectivity index (χ0v) is 15.5. The lowest BCUT2D eigenvalue weighted by Gasteiger charge is -2.21. The van der Waals surface area contributed by atoms with Crippen LogP contribution < -0.4 is 10.5 Å². The van der Waals surface area contributed by atoms with E-state index in [0.717, 1.165) is 6.42 Å². The minimum absolute atomic E-state index is 0.0133. The van der Waals surface area contributed by atoms with Crippen LogP contribution in [0.2, 0.25) is 0 Å². The summed E-state index contributed by atoms with van der Waals surface area (Å²) in [7, 11) is -1.45. The standard InChI is InChI=1S/C17H26N2O5S/c1-19(17(20)16-9-6-14(12-18)24-16)10-3-11-23-13-4-7-15(8-5-13)25(2,21)22/h4-5,7-8,14,16H,3,6,9-12,18H2,1-2H3/t14-,16+/m1/s1. The van der Waals surface area contributed by atoms with Crippen molar-refractivity contribution in [2.75, 3.05) is 33.0 Å². The minimum atomic E-state index is -3.20. The minimum Gasteiger partial charge on any atom is -0.494 e. The molecule has 0 bridgehead atoms. The average molecular weight is 370 g/mol. The third-order valence-electron chi connectivity index (χ3n) is 4.18. The van der Waals surface area contributed by atoms with Crippen LogP contribution in [0.4, 0.5) is 0 Å². The molecule has 0 unspecified atom stereocenters. The van der Waals surface area contributed by atoms with E-state index >= 15 is 0 Å². The van der Waals surface area contributed by atoms with E-state index in [1.165, 1.54) is 18.4 Å². The molecule has 0 saturated carbocycles. The van der Waals surface area contributed by atoms with Crippen LogP contribution in [-0.2, 0) is 19.4 Å². The van der Waals surface area contributed by atoms with Crippen molar-refractivity contribution < 1.29 is 22.7 Å². The Morgan fingerprint density at radius 3 is 2.56 bits per heavy atom. The maximum absolute atomic E-state index is 12.3. The number of nitrogens with zero attached hydrogens (tertiary/aromatic N) is 1. The zero-order valence-electron chi connectivity index (χ0n) is 14.7. The van der Waals surface area contributed by atoms with Gasteiger partial charge in [-0.15, -0.1) is 0 Å². The molecule has 0 spiro atoms. The van der Waals surface area contributed by atoms with Crippen LogP contribution in [0.3, 0.4) is 0 Å². The molecule has 1 aromatic carbocycles. The SMILES string of the molecule is CN(CCCOc1ccc(S(C)(=O)=O)cc1)C(=O)[C@@H]1CC[C@H](CN)O1. The second-order valence-corrected chi connectivity index (χ2v) is 8.28. The maximum Gasteiger partial charge on any atom is 0.251 e. The summed E-state index contributed by atoms with van der Waals surface area (Å²) in [6.07, 6.45) is 2.98. The van der Waals surface area contributed by atoms with Crippen molar-refractivity contribution in [3.8, 4) is 5.75 Å². The van der Waals surface area contributed by atoms with Crippen molar-refractivity contribution >= 4 is 15.7 Å². The summed E-state index contributed by atoms with van der Waals surface area (Å²) >= 11 is 0. The molecule has 1 amide bonds. The first-order valence-corrected chi connectivity index (χ1v) is 10.2. The van der Waals surface area contributed by atoms with E-state index in [9.17, 15) is 13.2 Å². The summed E-state index contributed by atoms with van der Waals surface area (Å²) in [5.41, 5.74) is 5.56. The fraction of sp³-hybridized carbons (Fsp3) is 0.588. The highest BCUT2D eigenvalue weighted by Gasteiger charge is 2.31. The van der Waals surface area contributed by atoms with Gasteiger partial charge in [0.15, 0.2) is 9.84 Å². The Hall–Kier alpha value is -1.64. The summed E-state index contributed by atoms with van der Waals surface area (Å²) in [5.74, 6) is 0.583. The van der Waals surface area contributed by atoms with Crippen LogP contribution in [0.1, 0.15) is 19.3 Å². The highest BCUT2D eigenvalue weighted by molar-refractivity contribution is 7.90. The van der Waals surface area contributed by atoms with Crippen molar-refractivity contribution in [2.45, 2.75) is 36.4 Å². The van der Waals surface area contributed by atoms with Gasteiger partial charge in [-0.1, -0.05) is 0 Å². The van der Waals surface area contributed by atoms with Crippen molar-refractivity contribution in [3.05, 3.63) is 24.3 Å². The maximum atomic E-state index is 12.3. The molecule has 1 fully saturated rings. The summed E-state index contributed by atoms with van der Waals surface area (Å²) in [4.78, 5) is 14.2. The summed E-state index contributed by atoms with van der Waals surface area (Å²) < 4.78 is 34.0. The number of amides is 1. The molecule has 1 saturated heterocycles. The first-order valence-electron chi connectivity index (χ1n) is 8.34. The first-order chi connectivity index (χ1) is 11.8. The topological polar surface area (TPSA) is 98.9 Å². The van der Waals surface area contributed by atoms with Crippen LogP contribution in [0.25, 0.3) is 0 Å². The zero-order chi connectivity index (χ0) is 18.4. The van der Waals surface area contributed by atoms with Crippen molar-refractivity contribution in [1.29, 1.82) is 0 Å². The van der Waals surface area contributed by atoms with Crippen LogP contribution in [-0.4, -0.2) is 64.4 Å². The van der Waals surface area contributed by atoms with Crippen molar-refractivity contribution in [2.24, 2.45) is 5.73 Å². The predicted octanol–water partition coefficient (Wildman–Crippen LogP) is 0.824. The predicted molar refractivity (Wildman–Crippen MR) is 94.3 cm³/mol. The van der Waals surface area contributed by atoms with Crippen LogP contribution in [0, 0.1) is 0 Å². The normalized spacial score (nSPS) is 20.4. The molecule has 0 radical (unpaired) electrons. The number of sulfone groups is 1. The van der Waals surface area contributed by atoms with Gasteiger partial charge in [0.1, 0.15) is 11.9 Å². The molecule has 8 heteroatoms. The number of nitrogens with two attached hydrogens (primary N) is 1. The molecular weight excluding hydrogens is 344 g/mol. The van der Waals surface area contributed by atoms with Gasteiger partial charge in [-0.25, -0.2) is 8.42 Å². The van der Waals surface area contributed by atoms with Crippen LogP contribution >= 0.6 is 0 Å². The van der Waals surface area contributed by atoms with Gasteiger partial charge in [-0.05, 0) is 43.5 Å². The lowest BCUT2D eigenvalue weighted by Crippen LogP contribution is -2.38. The van der Waals surface area contributed by atoms with Gasteiger partial charge in [0.25, 0.3) is 5.91 Å². The van der Waals surface area contributed by atoms with Gasteiger partial charge in [-0.2, -0.15) is 0 Å². The second kappa shape index (κ2) is 8.64. The molecular formula is C17H26N2O5S. The number of rotatable bonds is 8. The Kier molecular flexibility index (Phi) is 6.80. The van der Waals surface area contributed by atoms with Crippen LogP contribution in [0.15, 0.2) is 29.2 Å². The monoisotopic (exact) mass is 370 g/mol. The van der Waals surface area contributed by atoms with E-state index in [1.54, 1.807) is 24.1 Å². The Morgan fingerprint density at radius 2 is 2.00 bits per heavy atom. The molecule has 140 valence electrons. The van der Waals surface area contributed by atoms with E-state index in [-0.39, 0.29) is 23.0 Å². The van der Waals surface area contributed by atoms with Gasteiger partial charge < -0.3 is 20.1 Å². The Bertz CT molecular complexity index is 675. The van der Waals surface area contributed by atoms with E-state index in [1.807, 2.05) is 0 Å². The van der Waals surface area contributed by atoms with Gasteiger partial charge in [0.2, 0.25) is 0 Å². The molecule has 1 aromatic rings. The molecule has 7 nitrogen and oxygen atoms in total. The number of hydrogen-bond donors (Lipinski definition) is 1. The number of likely N-dealkylation sites (N-methyl/N-ethyl adjacent to an activating group) is 1. The Morgan fingerprint density at radius 1 is 1.32 bits per heavy atom. The van der Waals surface area contributed by atoms with E-state index in [4.69, 9.17) is 15.2 Å². The van der Waals surface area contributed by atoms with E-state index in [2.05, 4.69) is 0 Å². The Labute approximate surface area is 149 Å². The smallest absolute Gasteiger partial charge is 0.251 e. The van der Waals surface area contributed by atoms with Gasteiger partial charge in [-0.3, -0.25) is 4.79 Å². The number of carbonyl (C=O) groups excluding carboxylic acids is 1.